The SMILES string of the molecule is CCO[Si](C)(CCCNC(=O)Oc1ccc(C(=O)Nc2ccc(-c3nc(C(Cl)(Cl)Cl)nc(C(Cl)(Cl)Cl)n3)cc2)cc1)OCC. The molecular formula is C27H29Cl6N5O5Si. The van der Waals surface area contributed by atoms with Crippen LogP contribution in [0.5, 0.6) is 5.75 Å². The van der Waals surface area contributed by atoms with Crippen molar-refractivity contribution in [1.82, 2.24) is 20.3 Å². The number of ether oxygens (including phenoxy) is 1. The molecule has 3 aromatic rings. The third kappa shape index (κ3) is 11.1. The van der Waals surface area contributed by atoms with Crippen molar-refractivity contribution in [3.05, 3.63) is 65.7 Å². The van der Waals surface area contributed by atoms with Crippen molar-refractivity contribution in [2.45, 2.75) is 40.4 Å². The highest BCUT2D eigenvalue weighted by atomic mass is 35.6. The predicted octanol–water partition coefficient (Wildman–Crippen LogP) is 8.07. The molecule has 0 spiro atoms. The summed E-state index contributed by atoms with van der Waals surface area (Å²) in [5.41, 5.74) is 1.30. The van der Waals surface area contributed by atoms with E-state index in [2.05, 4.69) is 25.6 Å². The molecule has 0 bridgehead atoms. The van der Waals surface area contributed by atoms with Crippen LogP contribution in [-0.4, -0.2) is 55.3 Å². The lowest BCUT2D eigenvalue weighted by atomic mass is 10.1. The summed E-state index contributed by atoms with van der Waals surface area (Å²) in [6.07, 6.45) is 0.0954. The molecule has 0 aliphatic carbocycles. The van der Waals surface area contributed by atoms with Gasteiger partial charge in [-0.1, -0.05) is 69.6 Å². The number of amides is 2. The van der Waals surface area contributed by atoms with Gasteiger partial charge in [0.25, 0.3) is 5.91 Å². The Morgan fingerprint density at radius 2 is 1.36 bits per heavy atom. The summed E-state index contributed by atoms with van der Waals surface area (Å²) in [6.45, 7) is 7.47. The number of alkyl halides is 6. The molecule has 0 saturated heterocycles. The number of nitrogens with one attached hydrogen (secondary N) is 2. The van der Waals surface area contributed by atoms with Crippen LogP contribution in [0, 0.1) is 0 Å². The molecule has 0 saturated carbocycles. The van der Waals surface area contributed by atoms with Crippen LogP contribution in [0.4, 0.5) is 10.5 Å². The summed E-state index contributed by atoms with van der Waals surface area (Å²) in [4.78, 5) is 37.3. The van der Waals surface area contributed by atoms with Crippen LogP contribution in [0.1, 0.15) is 42.3 Å². The minimum Gasteiger partial charge on any atom is -0.410 e. The lowest BCUT2D eigenvalue weighted by Gasteiger charge is -2.25. The standard InChI is InChI=1S/C27H29Cl6N5O5Si/c1-4-41-44(3,42-5-2)16-6-15-34-25(40)43-20-13-9-18(10-14-20)22(39)35-19-11-7-17(8-12-19)21-36-23(26(28,29)30)38-24(37-21)27(31,32)33/h7-14H,4-6,15-16H2,1-3H3,(H,34,40)(H,35,39). The van der Waals surface area contributed by atoms with E-state index in [9.17, 15) is 9.59 Å². The number of rotatable bonds is 12. The molecule has 2 amide bonds. The van der Waals surface area contributed by atoms with Gasteiger partial charge >= 0.3 is 14.7 Å². The van der Waals surface area contributed by atoms with Crippen molar-refractivity contribution < 1.29 is 23.2 Å². The maximum atomic E-state index is 12.8. The molecule has 1 aromatic heterocycles. The highest BCUT2D eigenvalue weighted by Gasteiger charge is 2.34. The van der Waals surface area contributed by atoms with Crippen LogP contribution in [0.15, 0.2) is 48.5 Å². The first-order chi connectivity index (χ1) is 20.6. The second-order valence-corrected chi connectivity index (χ2v) is 17.2. The molecule has 3 rings (SSSR count). The van der Waals surface area contributed by atoms with Crippen molar-refractivity contribution in [1.29, 1.82) is 0 Å². The van der Waals surface area contributed by atoms with Crippen molar-refractivity contribution >= 4 is 95.9 Å². The van der Waals surface area contributed by atoms with Gasteiger partial charge in [-0.2, -0.15) is 0 Å². The third-order valence-electron chi connectivity index (χ3n) is 5.85. The Labute approximate surface area is 286 Å². The summed E-state index contributed by atoms with van der Waals surface area (Å²) < 4.78 is 12.9. The molecule has 17 heteroatoms. The zero-order valence-corrected chi connectivity index (χ0v) is 29.3. The molecule has 0 aliphatic heterocycles. The lowest BCUT2D eigenvalue weighted by molar-refractivity contribution is 0.102. The number of carbonyl (C=O) groups is 2. The maximum absolute atomic E-state index is 12.8. The predicted molar refractivity (Wildman–Crippen MR) is 176 cm³/mol. The molecule has 2 N–H and O–H groups in total. The van der Waals surface area contributed by atoms with Crippen LogP contribution < -0.4 is 15.4 Å². The molecule has 0 fully saturated rings. The van der Waals surface area contributed by atoms with E-state index >= 15 is 0 Å². The van der Waals surface area contributed by atoms with E-state index in [4.69, 9.17) is 83.2 Å². The number of hydrogen-bond acceptors (Lipinski definition) is 8. The van der Waals surface area contributed by atoms with Gasteiger partial charge in [0, 0.05) is 36.6 Å². The first-order valence-electron chi connectivity index (χ1n) is 13.3. The molecule has 238 valence electrons. The average molecular weight is 744 g/mol. The van der Waals surface area contributed by atoms with E-state index in [-0.39, 0.29) is 29.1 Å². The molecule has 0 radical (unpaired) electrons. The van der Waals surface area contributed by atoms with E-state index < -0.39 is 22.2 Å². The maximum Gasteiger partial charge on any atom is 0.412 e. The van der Waals surface area contributed by atoms with Gasteiger partial charge in [0.1, 0.15) is 5.75 Å². The number of aromatic nitrogens is 3. The lowest BCUT2D eigenvalue weighted by Crippen LogP contribution is -2.39. The van der Waals surface area contributed by atoms with Crippen LogP contribution >= 0.6 is 69.6 Å². The van der Waals surface area contributed by atoms with Gasteiger partial charge in [0.15, 0.2) is 17.5 Å². The Morgan fingerprint density at radius 3 is 1.86 bits per heavy atom. The fourth-order valence-electron chi connectivity index (χ4n) is 3.88. The van der Waals surface area contributed by atoms with Gasteiger partial charge in [0.2, 0.25) is 7.59 Å². The van der Waals surface area contributed by atoms with Crippen molar-refractivity contribution in [2.24, 2.45) is 0 Å². The zero-order chi connectivity index (χ0) is 32.5. The highest BCUT2D eigenvalue weighted by molar-refractivity contribution is 6.67. The van der Waals surface area contributed by atoms with Crippen LogP contribution in [0.25, 0.3) is 11.4 Å². The van der Waals surface area contributed by atoms with E-state index in [1.54, 1.807) is 24.3 Å². The normalized spacial score (nSPS) is 12.1. The smallest absolute Gasteiger partial charge is 0.410 e. The first kappa shape index (κ1) is 36.5. The van der Waals surface area contributed by atoms with Gasteiger partial charge in [0.05, 0.1) is 0 Å². The van der Waals surface area contributed by atoms with Gasteiger partial charge in [-0.3, -0.25) is 4.79 Å². The summed E-state index contributed by atoms with van der Waals surface area (Å²) in [6, 6.07) is 13.4. The van der Waals surface area contributed by atoms with Gasteiger partial charge < -0.3 is 24.2 Å². The Hall–Kier alpha value is -1.93. The van der Waals surface area contributed by atoms with Crippen LogP contribution in [0.3, 0.4) is 0 Å². The number of carbonyl (C=O) groups excluding carboxylic acids is 2. The Balaban J connectivity index is 1.56. The fourth-order valence-corrected chi connectivity index (χ4v) is 6.80. The topological polar surface area (TPSA) is 125 Å². The Bertz CT molecular complexity index is 1380. The molecule has 0 unspecified atom stereocenters. The van der Waals surface area contributed by atoms with Crippen molar-refractivity contribution in [3.63, 3.8) is 0 Å². The van der Waals surface area contributed by atoms with Gasteiger partial charge in [-0.25, -0.2) is 19.7 Å². The summed E-state index contributed by atoms with van der Waals surface area (Å²) in [5.74, 6) is -0.453. The summed E-state index contributed by atoms with van der Waals surface area (Å²) >= 11 is 35.6. The zero-order valence-electron chi connectivity index (χ0n) is 23.8. The Morgan fingerprint density at radius 1 is 0.818 bits per heavy atom. The second kappa shape index (κ2) is 16.1. The number of halogens is 6. The second-order valence-electron chi connectivity index (χ2n) is 9.28. The largest absolute Gasteiger partial charge is 0.412 e. The number of nitrogens with zero attached hydrogens (tertiary/aromatic N) is 3. The highest BCUT2D eigenvalue weighted by Crippen LogP contribution is 2.40. The van der Waals surface area contributed by atoms with E-state index in [0.29, 0.717) is 43.0 Å². The fraction of sp³-hybridized carbons (Fsp3) is 0.370. The monoisotopic (exact) mass is 741 g/mol. The minimum atomic E-state index is -2.24. The molecule has 0 aliphatic rings. The van der Waals surface area contributed by atoms with Gasteiger partial charge in [-0.05, 0) is 81.4 Å². The molecule has 1 heterocycles. The summed E-state index contributed by atoms with van der Waals surface area (Å²) in [5, 5.41) is 5.49. The number of benzene rings is 2. The molecule has 44 heavy (non-hydrogen) atoms. The van der Waals surface area contributed by atoms with Gasteiger partial charge in [-0.15, -0.1) is 0 Å². The van der Waals surface area contributed by atoms with Crippen LogP contribution in [0.2, 0.25) is 12.6 Å². The summed E-state index contributed by atoms with van der Waals surface area (Å²) in [7, 11) is -2.24. The van der Waals surface area contributed by atoms with E-state index in [1.807, 2.05) is 20.4 Å². The van der Waals surface area contributed by atoms with Crippen molar-refractivity contribution in [3.8, 4) is 17.1 Å². The van der Waals surface area contributed by atoms with E-state index in [0.717, 1.165) is 6.04 Å². The molecular weight excluding hydrogens is 715 g/mol. The first-order valence-corrected chi connectivity index (χ1v) is 18.1. The Kier molecular flexibility index (Phi) is 13.3. The minimum absolute atomic E-state index is 0.0940. The van der Waals surface area contributed by atoms with Crippen LogP contribution in [-0.2, 0) is 16.4 Å². The molecule has 10 nitrogen and oxygen atoms in total. The van der Waals surface area contributed by atoms with E-state index in [1.165, 1.54) is 24.3 Å². The average Bonchev–Trinajstić information content (AvgIpc) is 2.95. The quantitative estimate of drug-likeness (QED) is 0.108. The third-order valence-corrected chi connectivity index (χ3v) is 9.92. The molecule has 0 atom stereocenters. The number of hydrogen-bond donors (Lipinski definition) is 2. The number of anilines is 1. The van der Waals surface area contributed by atoms with Crippen molar-refractivity contribution in [2.75, 3.05) is 25.1 Å². The molecule has 2 aromatic carbocycles.